The van der Waals surface area contributed by atoms with Crippen LogP contribution in [0.4, 0.5) is 0 Å². The molecule has 2 nitrogen and oxygen atoms in total. The summed E-state index contributed by atoms with van der Waals surface area (Å²) in [6.45, 7) is 3.71. The molecular formula is C6H12NaO2. The average molecular weight is 139 g/mol. The van der Waals surface area contributed by atoms with E-state index in [1.54, 1.807) is 6.92 Å². The van der Waals surface area contributed by atoms with Gasteiger partial charge < -0.3 is 5.11 Å². The van der Waals surface area contributed by atoms with Gasteiger partial charge in [0.25, 0.3) is 0 Å². The first-order chi connectivity index (χ1) is 3.68. The zero-order valence-corrected chi connectivity index (χ0v) is 8.35. The Bertz CT molecular complexity index is 83.1. The van der Waals surface area contributed by atoms with Crippen LogP contribution in [0, 0.1) is 5.92 Å². The molecule has 0 amide bonds. The predicted octanol–water partition coefficient (Wildman–Crippen LogP) is 1.13. The smallest absolute Gasteiger partial charge is 0.306 e. The van der Waals surface area contributed by atoms with Crippen LogP contribution in [0.3, 0.4) is 0 Å². The van der Waals surface area contributed by atoms with Gasteiger partial charge in [0.1, 0.15) is 0 Å². The molecule has 0 fully saturated rings. The molecule has 1 N–H and O–H groups in total. The minimum atomic E-state index is -0.688. The summed E-state index contributed by atoms with van der Waals surface area (Å²) in [7, 11) is 0. The molecule has 0 saturated heterocycles. The van der Waals surface area contributed by atoms with E-state index in [0.717, 1.165) is 12.8 Å². The van der Waals surface area contributed by atoms with Crippen LogP contribution in [-0.4, -0.2) is 40.6 Å². The van der Waals surface area contributed by atoms with E-state index in [2.05, 4.69) is 0 Å². The normalized spacial score (nSPS) is 11.8. The molecule has 1 radical (unpaired) electrons. The number of rotatable bonds is 3. The molecule has 0 aromatic carbocycles. The van der Waals surface area contributed by atoms with Crippen molar-refractivity contribution in [3.05, 3.63) is 0 Å². The van der Waals surface area contributed by atoms with Crippen molar-refractivity contribution in [2.45, 2.75) is 26.7 Å². The fraction of sp³-hybridized carbons (Fsp3) is 0.833. The number of carboxylic acid groups (broad SMARTS) is 1. The molecule has 0 spiro atoms. The van der Waals surface area contributed by atoms with Gasteiger partial charge in [-0.25, -0.2) is 0 Å². The van der Waals surface area contributed by atoms with Crippen molar-refractivity contribution >= 4 is 35.5 Å². The standard InChI is InChI=1S/C6H12O2.Na/c1-3-4-5(2)6(7)8;/h5H,3-4H2,1-2H3,(H,7,8);. The van der Waals surface area contributed by atoms with Gasteiger partial charge in [-0.2, -0.15) is 0 Å². The first-order valence-electron chi connectivity index (χ1n) is 2.91. The molecular weight excluding hydrogens is 127 g/mol. The summed E-state index contributed by atoms with van der Waals surface area (Å²) in [5.74, 6) is -0.855. The van der Waals surface area contributed by atoms with E-state index in [4.69, 9.17) is 5.11 Å². The third-order valence-electron chi connectivity index (χ3n) is 1.14. The van der Waals surface area contributed by atoms with Crippen molar-refractivity contribution in [3.63, 3.8) is 0 Å². The number of carboxylic acids is 1. The van der Waals surface area contributed by atoms with Gasteiger partial charge in [0.2, 0.25) is 0 Å². The first-order valence-corrected chi connectivity index (χ1v) is 2.91. The molecule has 0 aromatic heterocycles. The number of aliphatic carboxylic acids is 1. The number of carbonyl (C=O) groups is 1. The molecule has 9 heavy (non-hydrogen) atoms. The van der Waals surface area contributed by atoms with Gasteiger partial charge in [-0.05, 0) is 6.42 Å². The molecule has 0 bridgehead atoms. The molecule has 3 heteroatoms. The van der Waals surface area contributed by atoms with Crippen molar-refractivity contribution in [1.29, 1.82) is 0 Å². The van der Waals surface area contributed by atoms with Crippen molar-refractivity contribution in [3.8, 4) is 0 Å². The summed E-state index contributed by atoms with van der Waals surface area (Å²) in [6.07, 6.45) is 1.74. The average Bonchev–Trinajstić information content (AvgIpc) is 1.67. The summed E-state index contributed by atoms with van der Waals surface area (Å²) in [6, 6.07) is 0. The molecule has 1 atom stereocenters. The summed E-state index contributed by atoms with van der Waals surface area (Å²) in [5.41, 5.74) is 0. The third-order valence-corrected chi connectivity index (χ3v) is 1.14. The fourth-order valence-corrected chi connectivity index (χ4v) is 0.556. The second-order valence-electron chi connectivity index (χ2n) is 2.03. The van der Waals surface area contributed by atoms with Crippen molar-refractivity contribution in [2.24, 2.45) is 5.92 Å². The van der Waals surface area contributed by atoms with Gasteiger partial charge in [-0.15, -0.1) is 0 Å². The van der Waals surface area contributed by atoms with Gasteiger partial charge in [-0.1, -0.05) is 20.3 Å². The van der Waals surface area contributed by atoms with E-state index >= 15 is 0 Å². The zero-order valence-electron chi connectivity index (χ0n) is 6.35. The van der Waals surface area contributed by atoms with Crippen LogP contribution in [-0.2, 0) is 4.79 Å². The molecule has 0 aliphatic rings. The van der Waals surface area contributed by atoms with Gasteiger partial charge in [0.05, 0.1) is 5.92 Å². The predicted molar refractivity (Wildman–Crippen MR) is 37.5 cm³/mol. The second kappa shape index (κ2) is 6.59. The minimum Gasteiger partial charge on any atom is -0.481 e. The summed E-state index contributed by atoms with van der Waals surface area (Å²) in [4.78, 5) is 10.1. The molecule has 0 heterocycles. The van der Waals surface area contributed by atoms with Gasteiger partial charge in [-0.3, -0.25) is 4.79 Å². The Kier molecular flexibility index (Phi) is 8.91. The van der Waals surface area contributed by atoms with Crippen molar-refractivity contribution in [1.82, 2.24) is 0 Å². The topological polar surface area (TPSA) is 37.3 Å². The largest absolute Gasteiger partial charge is 0.481 e. The maximum atomic E-state index is 10.1. The van der Waals surface area contributed by atoms with Crippen LogP contribution in [0.5, 0.6) is 0 Å². The maximum absolute atomic E-state index is 10.1. The zero-order chi connectivity index (χ0) is 6.57. The Morgan fingerprint density at radius 3 is 2.22 bits per heavy atom. The van der Waals surface area contributed by atoms with E-state index in [1.165, 1.54) is 0 Å². The summed E-state index contributed by atoms with van der Waals surface area (Å²) >= 11 is 0. The van der Waals surface area contributed by atoms with E-state index in [-0.39, 0.29) is 35.5 Å². The molecule has 49 valence electrons. The Morgan fingerprint density at radius 1 is 1.67 bits per heavy atom. The summed E-state index contributed by atoms with van der Waals surface area (Å²) < 4.78 is 0. The van der Waals surface area contributed by atoms with Crippen LogP contribution in [0.1, 0.15) is 26.7 Å². The van der Waals surface area contributed by atoms with E-state index in [9.17, 15) is 4.79 Å². The van der Waals surface area contributed by atoms with E-state index in [0.29, 0.717) is 0 Å². The number of hydrogen-bond acceptors (Lipinski definition) is 1. The van der Waals surface area contributed by atoms with Gasteiger partial charge >= 0.3 is 5.97 Å². The monoisotopic (exact) mass is 139 g/mol. The fourth-order valence-electron chi connectivity index (χ4n) is 0.556. The Hall–Kier alpha value is 0.470. The molecule has 0 aliphatic carbocycles. The number of hydrogen-bond donors (Lipinski definition) is 1. The Balaban J connectivity index is 0. The van der Waals surface area contributed by atoms with Crippen LogP contribution in [0.15, 0.2) is 0 Å². The van der Waals surface area contributed by atoms with Crippen molar-refractivity contribution < 1.29 is 9.90 Å². The molecule has 0 rings (SSSR count). The van der Waals surface area contributed by atoms with E-state index < -0.39 is 5.97 Å². The quantitative estimate of drug-likeness (QED) is 0.595. The second-order valence-corrected chi connectivity index (χ2v) is 2.03. The SMILES string of the molecule is CCCC(C)C(=O)O.[Na]. The van der Waals surface area contributed by atoms with Gasteiger partial charge in [0.15, 0.2) is 0 Å². The minimum absolute atomic E-state index is 0. The third kappa shape index (κ3) is 6.35. The molecule has 0 aromatic rings. The van der Waals surface area contributed by atoms with Crippen LogP contribution < -0.4 is 0 Å². The maximum Gasteiger partial charge on any atom is 0.306 e. The first kappa shape index (κ1) is 12.2. The van der Waals surface area contributed by atoms with Gasteiger partial charge in [0, 0.05) is 29.6 Å². The van der Waals surface area contributed by atoms with Crippen LogP contribution >= 0.6 is 0 Å². The summed E-state index contributed by atoms with van der Waals surface area (Å²) in [5, 5.41) is 8.31. The molecule has 0 saturated carbocycles. The Morgan fingerprint density at radius 2 is 2.11 bits per heavy atom. The van der Waals surface area contributed by atoms with Crippen LogP contribution in [0.2, 0.25) is 0 Å². The Labute approximate surface area is 77.9 Å². The molecule has 0 aliphatic heterocycles. The molecule has 1 unspecified atom stereocenters. The van der Waals surface area contributed by atoms with Crippen molar-refractivity contribution in [2.75, 3.05) is 0 Å². The van der Waals surface area contributed by atoms with Crippen LogP contribution in [0.25, 0.3) is 0 Å². The van der Waals surface area contributed by atoms with E-state index in [1.807, 2.05) is 6.92 Å².